The van der Waals surface area contributed by atoms with Crippen LogP contribution in [0.3, 0.4) is 0 Å². The summed E-state index contributed by atoms with van der Waals surface area (Å²) >= 11 is 0. The highest BCUT2D eigenvalue weighted by Gasteiger charge is 2.06. The standard InChI is InChI=1S/C9H11N5O/c1-6(15)12-4-2-3-8-7(5-10)9(11)14-13-8/h2-3H,4H2,1H3,(H,12,15)(H3,11,13,14). The molecule has 0 atom stereocenters. The first-order chi connectivity index (χ1) is 7.15. The van der Waals surface area contributed by atoms with E-state index < -0.39 is 0 Å². The van der Waals surface area contributed by atoms with Crippen molar-refractivity contribution >= 4 is 17.8 Å². The molecule has 6 nitrogen and oxygen atoms in total. The van der Waals surface area contributed by atoms with E-state index in [4.69, 9.17) is 11.0 Å². The number of hydrogen-bond acceptors (Lipinski definition) is 4. The van der Waals surface area contributed by atoms with Gasteiger partial charge < -0.3 is 11.1 Å². The molecule has 1 aromatic rings. The van der Waals surface area contributed by atoms with Crippen molar-refractivity contribution in [1.29, 1.82) is 5.26 Å². The molecule has 0 bridgehead atoms. The van der Waals surface area contributed by atoms with Crippen LogP contribution in [0.15, 0.2) is 6.08 Å². The predicted molar refractivity (Wildman–Crippen MR) is 55.4 cm³/mol. The SMILES string of the molecule is CC(=O)NCC=Cc1[nH]nc(N)c1C#N. The van der Waals surface area contributed by atoms with Crippen LogP contribution in [-0.4, -0.2) is 22.6 Å². The van der Waals surface area contributed by atoms with Gasteiger partial charge in [-0.05, 0) is 6.08 Å². The number of rotatable bonds is 3. The first-order valence-corrected chi connectivity index (χ1v) is 4.30. The van der Waals surface area contributed by atoms with Crippen molar-refractivity contribution in [3.63, 3.8) is 0 Å². The molecule has 15 heavy (non-hydrogen) atoms. The van der Waals surface area contributed by atoms with Gasteiger partial charge in [-0.25, -0.2) is 0 Å². The minimum absolute atomic E-state index is 0.107. The third-order valence-electron chi connectivity index (χ3n) is 1.69. The Hall–Kier alpha value is -2.29. The molecule has 0 unspecified atom stereocenters. The summed E-state index contributed by atoms with van der Waals surface area (Å²) in [5, 5.41) is 17.6. The normalized spacial score (nSPS) is 10.1. The van der Waals surface area contributed by atoms with Crippen LogP contribution in [0.1, 0.15) is 18.2 Å². The van der Waals surface area contributed by atoms with Crippen molar-refractivity contribution in [1.82, 2.24) is 15.5 Å². The lowest BCUT2D eigenvalue weighted by atomic mass is 10.2. The van der Waals surface area contributed by atoms with E-state index in [1.165, 1.54) is 6.92 Å². The van der Waals surface area contributed by atoms with Gasteiger partial charge in [0.2, 0.25) is 5.91 Å². The average Bonchev–Trinajstić information content (AvgIpc) is 2.53. The average molecular weight is 205 g/mol. The van der Waals surface area contributed by atoms with E-state index in [0.717, 1.165) is 0 Å². The maximum absolute atomic E-state index is 10.5. The van der Waals surface area contributed by atoms with Crippen molar-refractivity contribution in [2.24, 2.45) is 0 Å². The van der Waals surface area contributed by atoms with Crippen LogP contribution >= 0.6 is 0 Å². The number of hydrogen-bond donors (Lipinski definition) is 3. The number of nitrogens with zero attached hydrogens (tertiary/aromatic N) is 2. The number of H-pyrrole nitrogens is 1. The van der Waals surface area contributed by atoms with E-state index in [-0.39, 0.29) is 11.7 Å². The molecular weight excluding hydrogens is 194 g/mol. The summed E-state index contributed by atoms with van der Waals surface area (Å²) < 4.78 is 0. The lowest BCUT2D eigenvalue weighted by Gasteiger charge is -1.93. The lowest BCUT2D eigenvalue weighted by molar-refractivity contribution is -0.118. The third-order valence-corrected chi connectivity index (χ3v) is 1.69. The number of carbonyl (C=O) groups is 1. The molecule has 6 heteroatoms. The first-order valence-electron chi connectivity index (χ1n) is 4.30. The molecule has 0 saturated carbocycles. The third kappa shape index (κ3) is 2.84. The Labute approximate surface area is 86.8 Å². The number of nitrogens with two attached hydrogens (primary N) is 1. The second kappa shape index (κ2) is 4.81. The second-order valence-corrected chi connectivity index (χ2v) is 2.85. The number of anilines is 1. The minimum Gasteiger partial charge on any atom is -0.381 e. The summed E-state index contributed by atoms with van der Waals surface area (Å²) in [6.07, 6.45) is 3.35. The number of nitrogen functional groups attached to an aromatic ring is 1. The Bertz CT molecular complexity index is 426. The van der Waals surface area contributed by atoms with Gasteiger partial charge in [-0.3, -0.25) is 9.89 Å². The van der Waals surface area contributed by atoms with Crippen molar-refractivity contribution in [3.05, 3.63) is 17.3 Å². The van der Waals surface area contributed by atoms with Crippen LogP contribution in [-0.2, 0) is 4.79 Å². The fourth-order valence-electron chi connectivity index (χ4n) is 0.988. The van der Waals surface area contributed by atoms with Crippen molar-refractivity contribution in [3.8, 4) is 6.07 Å². The highest BCUT2D eigenvalue weighted by atomic mass is 16.1. The van der Waals surface area contributed by atoms with Gasteiger partial charge in [0.25, 0.3) is 0 Å². The number of aromatic nitrogens is 2. The van der Waals surface area contributed by atoms with Crippen LogP contribution in [0.4, 0.5) is 5.82 Å². The Morgan fingerprint density at radius 1 is 1.80 bits per heavy atom. The Morgan fingerprint density at radius 2 is 2.53 bits per heavy atom. The lowest BCUT2D eigenvalue weighted by Crippen LogP contribution is -2.19. The van der Waals surface area contributed by atoms with E-state index in [1.807, 2.05) is 6.07 Å². The molecule has 0 fully saturated rings. The maximum Gasteiger partial charge on any atom is 0.217 e. The number of nitriles is 1. The molecule has 1 aromatic heterocycles. The summed E-state index contributed by atoms with van der Waals surface area (Å²) in [5.41, 5.74) is 6.29. The fraction of sp³-hybridized carbons (Fsp3) is 0.222. The Morgan fingerprint density at radius 3 is 3.13 bits per heavy atom. The van der Waals surface area contributed by atoms with Crippen molar-refractivity contribution < 1.29 is 4.79 Å². The molecular formula is C9H11N5O. The summed E-state index contributed by atoms with van der Waals surface area (Å²) in [4.78, 5) is 10.5. The summed E-state index contributed by atoms with van der Waals surface area (Å²) in [6, 6.07) is 1.94. The molecule has 0 aliphatic rings. The van der Waals surface area contributed by atoms with Gasteiger partial charge in [0.05, 0.1) is 5.69 Å². The van der Waals surface area contributed by atoms with Crippen LogP contribution in [0.5, 0.6) is 0 Å². The summed E-state index contributed by atoms with van der Waals surface area (Å²) in [5.74, 6) is 0.0703. The molecule has 0 radical (unpaired) electrons. The monoisotopic (exact) mass is 205 g/mol. The number of amides is 1. The fourth-order valence-corrected chi connectivity index (χ4v) is 0.988. The molecule has 0 spiro atoms. The number of carbonyl (C=O) groups excluding carboxylic acids is 1. The highest BCUT2D eigenvalue weighted by molar-refractivity contribution is 5.73. The smallest absolute Gasteiger partial charge is 0.217 e. The molecule has 1 rings (SSSR count). The molecule has 4 N–H and O–H groups in total. The topological polar surface area (TPSA) is 108 Å². The molecule has 78 valence electrons. The van der Waals surface area contributed by atoms with Gasteiger partial charge in [0, 0.05) is 13.5 Å². The number of aromatic amines is 1. The molecule has 0 aliphatic heterocycles. The largest absolute Gasteiger partial charge is 0.381 e. The minimum atomic E-state index is -0.107. The Balaban J connectivity index is 2.65. The van der Waals surface area contributed by atoms with E-state index >= 15 is 0 Å². The Kier molecular flexibility index (Phi) is 3.46. The van der Waals surface area contributed by atoms with Crippen LogP contribution in [0.2, 0.25) is 0 Å². The zero-order valence-corrected chi connectivity index (χ0v) is 8.24. The predicted octanol–water partition coefficient (Wildman–Crippen LogP) is 0.0129. The van der Waals surface area contributed by atoms with Gasteiger partial charge in [0.1, 0.15) is 11.6 Å². The molecule has 1 amide bonds. The molecule has 1 heterocycles. The van der Waals surface area contributed by atoms with Crippen LogP contribution < -0.4 is 11.1 Å². The van der Waals surface area contributed by atoms with Crippen LogP contribution in [0.25, 0.3) is 6.08 Å². The first kappa shape index (κ1) is 10.8. The quantitative estimate of drug-likeness (QED) is 0.646. The van der Waals surface area contributed by atoms with E-state index in [0.29, 0.717) is 17.8 Å². The zero-order valence-electron chi connectivity index (χ0n) is 8.24. The second-order valence-electron chi connectivity index (χ2n) is 2.85. The van der Waals surface area contributed by atoms with Gasteiger partial charge in [-0.2, -0.15) is 10.4 Å². The van der Waals surface area contributed by atoms with E-state index in [2.05, 4.69) is 15.5 Å². The molecule has 0 aliphatic carbocycles. The number of nitrogens with one attached hydrogen (secondary N) is 2. The zero-order chi connectivity index (χ0) is 11.3. The van der Waals surface area contributed by atoms with Crippen molar-refractivity contribution in [2.45, 2.75) is 6.92 Å². The van der Waals surface area contributed by atoms with E-state index in [9.17, 15) is 4.79 Å². The molecule has 0 aromatic carbocycles. The summed E-state index contributed by atoms with van der Waals surface area (Å²) in [7, 11) is 0. The summed E-state index contributed by atoms with van der Waals surface area (Å²) in [6.45, 7) is 1.84. The van der Waals surface area contributed by atoms with Gasteiger partial charge in [0.15, 0.2) is 5.82 Å². The van der Waals surface area contributed by atoms with Gasteiger partial charge in [-0.15, -0.1) is 0 Å². The van der Waals surface area contributed by atoms with Crippen molar-refractivity contribution in [2.75, 3.05) is 12.3 Å². The van der Waals surface area contributed by atoms with E-state index in [1.54, 1.807) is 12.2 Å². The maximum atomic E-state index is 10.5. The van der Waals surface area contributed by atoms with Crippen LogP contribution in [0, 0.1) is 11.3 Å². The molecule has 0 saturated heterocycles. The highest BCUT2D eigenvalue weighted by Crippen LogP contribution is 2.12. The van der Waals surface area contributed by atoms with Gasteiger partial charge >= 0.3 is 0 Å². The van der Waals surface area contributed by atoms with Gasteiger partial charge in [-0.1, -0.05) is 6.08 Å².